The normalized spacial score (nSPS) is 16.0. The monoisotopic (exact) mass is 326 g/mol. The van der Waals surface area contributed by atoms with Crippen molar-refractivity contribution in [1.29, 1.82) is 0 Å². The van der Waals surface area contributed by atoms with Crippen molar-refractivity contribution in [2.24, 2.45) is 9.98 Å². The topological polar surface area (TPSA) is 24.7 Å². The predicted molar refractivity (Wildman–Crippen MR) is 108 cm³/mol. The molecule has 0 aromatic heterocycles. The minimum absolute atomic E-state index is 0.783. The Balaban J connectivity index is 1.79. The van der Waals surface area contributed by atoms with Crippen LogP contribution in [-0.2, 0) is 6.42 Å². The molecule has 0 radical (unpaired) electrons. The highest BCUT2D eigenvalue weighted by Crippen LogP contribution is 2.34. The Morgan fingerprint density at radius 2 is 1.84 bits per heavy atom. The zero-order chi connectivity index (χ0) is 17.2. The summed E-state index contributed by atoms with van der Waals surface area (Å²) in [4.78, 5) is 9.02. The van der Waals surface area contributed by atoms with E-state index in [1.807, 2.05) is 6.20 Å². The van der Waals surface area contributed by atoms with Gasteiger partial charge in [0, 0.05) is 18.3 Å². The summed E-state index contributed by atoms with van der Waals surface area (Å²) < 4.78 is 0. The van der Waals surface area contributed by atoms with E-state index in [1.165, 1.54) is 33.4 Å². The first-order valence-corrected chi connectivity index (χ1v) is 8.92. The van der Waals surface area contributed by atoms with Crippen LogP contribution in [0.1, 0.15) is 37.0 Å². The third-order valence-corrected chi connectivity index (χ3v) is 4.91. The standard InChI is InChI=1S/C23H22N2/c1-3-17-14-18(23-9-6-12-24-23)10-11-21(17)22-8-5-4-7-20(22)19-13-16(2)25-15-19/h4-8,10-14H,3,9,15H2,1-2H3. The number of benzene rings is 2. The van der Waals surface area contributed by atoms with Gasteiger partial charge >= 0.3 is 0 Å². The molecule has 2 heteroatoms. The van der Waals surface area contributed by atoms with Crippen LogP contribution in [-0.4, -0.2) is 18.0 Å². The van der Waals surface area contributed by atoms with Crippen LogP contribution < -0.4 is 0 Å². The van der Waals surface area contributed by atoms with E-state index >= 15 is 0 Å². The lowest BCUT2D eigenvalue weighted by atomic mass is 9.89. The molecule has 124 valence electrons. The summed E-state index contributed by atoms with van der Waals surface area (Å²) >= 11 is 0. The number of aliphatic imine (C=N–C) groups is 2. The van der Waals surface area contributed by atoms with Crippen LogP contribution in [0.25, 0.3) is 16.7 Å². The molecule has 0 spiro atoms. The highest BCUT2D eigenvalue weighted by Gasteiger charge is 2.15. The van der Waals surface area contributed by atoms with E-state index in [1.54, 1.807) is 0 Å². The maximum atomic E-state index is 4.54. The van der Waals surface area contributed by atoms with Gasteiger partial charge in [-0.2, -0.15) is 0 Å². The Labute approximate surface area is 149 Å². The third-order valence-electron chi connectivity index (χ3n) is 4.91. The minimum Gasteiger partial charge on any atom is -0.285 e. The molecule has 0 fully saturated rings. The summed E-state index contributed by atoms with van der Waals surface area (Å²) in [5.74, 6) is 0. The van der Waals surface area contributed by atoms with Gasteiger partial charge in [-0.05, 0) is 58.9 Å². The van der Waals surface area contributed by atoms with Crippen LogP contribution in [0, 0.1) is 0 Å². The molecule has 2 aromatic rings. The Morgan fingerprint density at radius 3 is 2.52 bits per heavy atom. The van der Waals surface area contributed by atoms with Gasteiger partial charge in [0.1, 0.15) is 0 Å². The van der Waals surface area contributed by atoms with Crippen LogP contribution >= 0.6 is 0 Å². The third kappa shape index (κ3) is 3.00. The fourth-order valence-corrected chi connectivity index (χ4v) is 3.59. The van der Waals surface area contributed by atoms with E-state index in [2.05, 4.69) is 78.4 Å². The van der Waals surface area contributed by atoms with Gasteiger partial charge in [-0.15, -0.1) is 0 Å². The minimum atomic E-state index is 0.783. The first-order chi connectivity index (χ1) is 12.3. The van der Waals surface area contributed by atoms with Crippen LogP contribution in [0.5, 0.6) is 0 Å². The molecule has 0 unspecified atom stereocenters. The summed E-state index contributed by atoms with van der Waals surface area (Å²) in [6.07, 6.45) is 8.16. The molecule has 25 heavy (non-hydrogen) atoms. The molecule has 2 aliphatic rings. The highest BCUT2D eigenvalue weighted by atomic mass is 14.7. The van der Waals surface area contributed by atoms with Crippen molar-refractivity contribution in [2.45, 2.75) is 26.7 Å². The molecule has 0 bridgehead atoms. The molecule has 2 aromatic carbocycles. The van der Waals surface area contributed by atoms with Crippen molar-refractivity contribution in [3.8, 4) is 11.1 Å². The lowest BCUT2D eigenvalue weighted by molar-refractivity contribution is 1.14. The van der Waals surface area contributed by atoms with Crippen molar-refractivity contribution < 1.29 is 0 Å². The molecule has 2 nitrogen and oxygen atoms in total. The van der Waals surface area contributed by atoms with Gasteiger partial charge in [-0.1, -0.05) is 49.4 Å². The van der Waals surface area contributed by atoms with E-state index in [-0.39, 0.29) is 0 Å². The van der Waals surface area contributed by atoms with Gasteiger partial charge < -0.3 is 0 Å². The van der Waals surface area contributed by atoms with E-state index in [0.29, 0.717) is 0 Å². The van der Waals surface area contributed by atoms with E-state index in [4.69, 9.17) is 0 Å². The number of hydrogen-bond donors (Lipinski definition) is 0. The average molecular weight is 326 g/mol. The lowest BCUT2D eigenvalue weighted by Gasteiger charge is -2.15. The van der Waals surface area contributed by atoms with Crippen molar-refractivity contribution in [3.63, 3.8) is 0 Å². The highest BCUT2D eigenvalue weighted by molar-refractivity contribution is 6.05. The number of rotatable bonds is 4. The largest absolute Gasteiger partial charge is 0.285 e. The molecule has 0 atom stereocenters. The van der Waals surface area contributed by atoms with Gasteiger partial charge in [0.05, 0.1) is 12.3 Å². The van der Waals surface area contributed by atoms with E-state index in [9.17, 15) is 0 Å². The first-order valence-electron chi connectivity index (χ1n) is 8.92. The second kappa shape index (κ2) is 6.64. The summed E-state index contributed by atoms with van der Waals surface area (Å²) in [7, 11) is 0. The molecular formula is C23H22N2. The number of allylic oxidation sites excluding steroid dienone is 2. The SMILES string of the molecule is CCc1cc(C2=NC=CC2)ccc1-c1ccccc1C1=CC(C)=NC1. The Kier molecular flexibility index (Phi) is 4.19. The summed E-state index contributed by atoms with van der Waals surface area (Å²) in [6, 6.07) is 15.5. The molecule has 0 saturated carbocycles. The molecule has 0 saturated heterocycles. The number of nitrogens with zero attached hydrogens (tertiary/aromatic N) is 2. The van der Waals surface area contributed by atoms with Crippen LogP contribution in [0.15, 0.2) is 70.8 Å². The second-order valence-electron chi connectivity index (χ2n) is 6.56. The molecule has 2 heterocycles. The molecule has 0 amide bonds. The number of hydrogen-bond acceptors (Lipinski definition) is 2. The van der Waals surface area contributed by atoms with Crippen molar-refractivity contribution in [2.75, 3.05) is 6.54 Å². The zero-order valence-corrected chi connectivity index (χ0v) is 14.8. The Morgan fingerprint density at radius 1 is 1.00 bits per heavy atom. The Bertz CT molecular complexity index is 942. The second-order valence-corrected chi connectivity index (χ2v) is 6.56. The van der Waals surface area contributed by atoms with Crippen LogP contribution in [0.4, 0.5) is 0 Å². The maximum Gasteiger partial charge on any atom is 0.0649 e. The fraction of sp³-hybridized carbons (Fsp3) is 0.217. The van der Waals surface area contributed by atoms with Crippen LogP contribution in [0.2, 0.25) is 0 Å². The van der Waals surface area contributed by atoms with Gasteiger partial charge in [0.25, 0.3) is 0 Å². The van der Waals surface area contributed by atoms with E-state index in [0.717, 1.165) is 30.8 Å². The van der Waals surface area contributed by atoms with Gasteiger partial charge in [-0.3, -0.25) is 9.98 Å². The summed E-state index contributed by atoms with van der Waals surface area (Å²) in [6.45, 7) is 5.07. The molecule has 2 aliphatic heterocycles. The lowest BCUT2D eigenvalue weighted by Crippen LogP contribution is -2.00. The zero-order valence-electron chi connectivity index (χ0n) is 14.8. The molecule has 0 N–H and O–H groups in total. The Hall–Kier alpha value is -2.74. The van der Waals surface area contributed by atoms with Gasteiger partial charge in [0.15, 0.2) is 0 Å². The van der Waals surface area contributed by atoms with Crippen molar-refractivity contribution in [3.05, 3.63) is 77.5 Å². The molecule has 4 rings (SSSR count). The van der Waals surface area contributed by atoms with Crippen molar-refractivity contribution >= 4 is 17.0 Å². The molecule has 0 aliphatic carbocycles. The predicted octanol–water partition coefficient (Wildman–Crippen LogP) is 5.48. The summed E-state index contributed by atoms with van der Waals surface area (Å²) in [5, 5.41) is 0. The van der Waals surface area contributed by atoms with Crippen molar-refractivity contribution in [1.82, 2.24) is 0 Å². The molecular weight excluding hydrogens is 304 g/mol. The number of aryl methyl sites for hydroxylation is 1. The van der Waals surface area contributed by atoms with Crippen LogP contribution in [0.3, 0.4) is 0 Å². The van der Waals surface area contributed by atoms with Gasteiger partial charge in [0.2, 0.25) is 0 Å². The van der Waals surface area contributed by atoms with Gasteiger partial charge in [-0.25, -0.2) is 0 Å². The van der Waals surface area contributed by atoms with E-state index < -0.39 is 0 Å². The average Bonchev–Trinajstić information content (AvgIpc) is 3.33. The maximum absolute atomic E-state index is 4.54. The summed E-state index contributed by atoms with van der Waals surface area (Å²) in [5.41, 5.74) is 10.1. The smallest absolute Gasteiger partial charge is 0.0649 e. The first kappa shape index (κ1) is 15.8. The quantitative estimate of drug-likeness (QED) is 0.711. The fourth-order valence-electron chi connectivity index (χ4n) is 3.59.